The minimum Gasteiger partial charge on any atom is -0.494 e. The van der Waals surface area contributed by atoms with E-state index in [-0.39, 0.29) is 18.3 Å². The van der Waals surface area contributed by atoms with Crippen molar-refractivity contribution in [3.8, 4) is 5.75 Å². The highest BCUT2D eigenvalue weighted by Crippen LogP contribution is 2.32. The number of hydrogen-bond acceptors (Lipinski definition) is 3. The highest BCUT2D eigenvalue weighted by atomic mass is 35.5. The van der Waals surface area contributed by atoms with E-state index in [4.69, 9.17) is 10.5 Å². The van der Waals surface area contributed by atoms with Crippen LogP contribution >= 0.6 is 12.4 Å². The predicted octanol–water partition coefficient (Wildman–Crippen LogP) is 3.25. The molecule has 0 unspecified atom stereocenters. The third-order valence-electron chi connectivity index (χ3n) is 4.91. The lowest BCUT2D eigenvalue weighted by Crippen LogP contribution is -2.31. The Labute approximate surface area is 161 Å². The third-order valence-corrected chi connectivity index (χ3v) is 4.91. The standard InChI is InChI=1S/C21H26N2O2.ClH/c1-2-25-19-10-8-16(9-11-19)12-21(24)23-14-18(13-22)20(15-23)17-6-4-3-5-7-17;/h3-11,18,20H,2,12-15,22H2,1H3;1H/t18-,20+;/m1./s1. The van der Waals surface area contributed by atoms with Gasteiger partial charge in [0.2, 0.25) is 5.91 Å². The van der Waals surface area contributed by atoms with Gasteiger partial charge in [-0.1, -0.05) is 42.5 Å². The Balaban J connectivity index is 0.00000243. The van der Waals surface area contributed by atoms with Crippen LogP contribution in [-0.2, 0) is 11.2 Å². The molecule has 0 saturated carbocycles. The molecule has 0 bridgehead atoms. The first-order valence-corrected chi connectivity index (χ1v) is 8.95. The van der Waals surface area contributed by atoms with Crippen LogP contribution in [0.2, 0.25) is 0 Å². The molecule has 4 nitrogen and oxygen atoms in total. The van der Waals surface area contributed by atoms with Gasteiger partial charge in [-0.3, -0.25) is 4.79 Å². The van der Waals surface area contributed by atoms with Gasteiger partial charge in [0, 0.05) is 19.0 Å². The van der Waals surface area contributed by atoms with E-state index >= 15 is 0 Å². The molecule has 1 fully saturated rings. The fraction of sp³-hybridized carbons (Fsp3) is 0.381. The molecule has 2 N–H and O–H groups in total. The Bertz CT molecular complexity index is 691. The molecule has 2 aromatic carbocycles. The summed E-state index contributed by atoms with van der Waals surface area (Å²) in [5.41, 5.74) is 8.26. The number of carbonyl (C=O) groups is 1. The van der Waals surface area contributed by atoms with Gasteiger partial charge < -0.3 is 15.4 Å². The maximum absolute atomic E-state index is 12.7. The summed E-state index contributed by atoms with van der Waals surface area (Å²) in [5, 5.41) is 0. The normalized spacial score (nSPS) is 19.1. The van der Waals surface area contributed by atoms with Gasteiger partial charge in [-0.25, -0.2) is 0 Å². The second kappa shape index (κ2) is 9.60. The van der Waals surface area contributed by atoms with Crippen molar-refractivity contribution >= 4 is 18.3 Å². The monoisotopic (exact) mass is 374 g/mol. The molecule has 2 aromatic rings. The molecule has 1 saturated heterocycles. The molecular formula is C21H27ClN2O2. The van der Waals surface area contributed by atoms with Crippen molar-refractivity contribution in [3.05, 3.63) is 65.7 Å². The minimum atomic E-state index is 0. The lowest BCUT2D eigenvalue weighted by Gasteiger charge is -2.17. The molecule has 1 aliphatic heterocycles. The average Bonchev–Trinajstić information content (AvgIpc) is 3.09. The van der Waals surface area contributed by atoms with Crippen molar-refractivity contribution in [2.24, 2.45) is 11.7 Å². The van der Waals surface area contributed by atoms with E-state index < -0.39 is 0 Å². The molecule has 0 aromatic heterocycles. The van der Waals surface area contributed by atoms with Crippen LogP contribution in [0.5, 0.6) is 5.75 Å². The lowest BCUT2D eigenvalue weighted by molar-refractivity contribution is -0.129. The van der Waals surface area contributed by atoms with Gasteiger partial charge in [0.05, 0.1) is 13.0 Å². The third kappa shape index (κ3) is 4.77. The van der Waals surface area contributed by atoms with Gasteiger partial charge >= 0.3 is 0 Å². The van der Waals surface area contributed by atoms with E-state index in [9.17, 15) is 4.79 Å². The molecule has 0 spiro atoms. The first-order chi connectivity index (χ1) is 12.2. The topological polar surface area (TPSA) is 55.6 Å². The number of likely N-dealkylation sites (tertiary alicyclic amines) is 1. The summed E-state index contributed by atoms with van der Waals surface area (Å²) in [6.07, 6.45) is 0.422. The maximum Gasteiger partial charge on any atom is 0.227 e. The summed E-state index contributed by atoms with van der Waals surface area (Å²) in [6, 6.07) is 18.2. The highest BCUT2D eigenvalue weighted by Gasteiger charge is 2.34. The van der Waals surface area contributed by atoms with Crippen molar-refractivity contribution in [1.82, 2.24) is 4.90 Å². The van der Waals surface area contributed by atoms with Gasteiger partial charge in [0.1, 0.15) is 5.75 Å². The second-order valence-electron chi connectivity index (χ2n) is 6.57. The van der Waals surface area contributed by atoms with Crippen LogP contribution in [0.25, 0.3) is 0 Å². The molecule has 0 aliphatic carbocycles. The van der Waals surface area contributed by atoms with Gasteiger partial charge in [-0.15, -0.1) is 12.4 Å². The number of carbonyl (C=O) groups excluding carboxylic acids is 1. The fourth-order valence-electron chi connectivity index (χ4n) is 3.55. The smallest absolute Gasteiger partial charge is 0.227 e. The van der Waals surface area contributed by atoms with E-state index in [0.29, 0.717) is 31.4 Å². The van der Waals surface area contributed by atoms with Gasteiger partial charge in [0.15, 0.2) is 0 Å². The first kappa shape index (κ1) is 20.3. The van der Waals surface area contributed by atoms with Crippen LogP contribution in [-0.4, -0.2) is 37.0 Å². The zero-order valence-electron chi connectivity index (χ0n) is 15.1. The van der Waals surface area contributed by atoms with Crippen molar-refractivity contribution < 1.29 is 9.53 Å². The van der Waals surface area contributed by atoms with Gasteiger partial charge in [-0.05, 0) is 42.6 Å². The van der Waals surface area contributed by atoms with Gasteiger partial charge in [-0.2, -0.15) is 0 Å². The van der Waals surface area contributed by atoms with Crippen LogP contribution < -0.4 is 10.5 Å². The van der Waals surface area contributed by atoms with Crippen molar-refractivity contribution in [2.75, 3.05) is 26.2 Å². The van der Waals surface area contributed by atoms with E-state index in [0.717, 1.165) is 24.4 Å². The number of hydrogen-bond donors (Lipinski definition) is 1. The van der Waals surface area contributed by atoms with E-state index in [1.54, 1.807) is 0 Å². The molecular weight excluding hydrogens is 348 g/mol. The highest BCUT2D eigenvalue weighted by molar-refractivity contribution is 5.85. The summed E-state index contributed by atoms with van der Waals surface area (Å²) in [5.74, 6) is 1.66. The zero-order chi connectivity index (χ0) is 17.6. The Kier molecular flexibility index (Phi) is 7.49. The molecule has 1 amide bonds. The van der Waals surface area contributed by atoms with Crippen LogP contribution in [0.4, 0.5) is 0 Å². The van der Waals surface area contributed by atoms with Crippen molar-refractivity contribution in [2.45, 2.75) is 19.3 Å². The van der Waals surface area contributed by atoms with E-state index in [2.05, 4.69) is 12.1 Å². The molecule has 2 atom stereocenters. The number of benzene rings is 2. The molecule has 5 heteroatoms. The molecule has 0 radical (unpaired) electrons. The zero-order valence-corrected chi connectivity index (χ0v) is 16.0. The van der Waals surface area contributed by atoms with Crippen molar-refractivity contribution in [1.29, 1.82) is 0 Å². The average molecular weight is 375 g/mol. The van der Waals surface area contributed by atoms with Crippen LogP contribution in [0, 0.1) is 5.92 Å². The van der Waals surface area contributed by atoms with Crippen LogP contribution in [0.3, 0.4) is 0 Å². The molecule has 140 valence electrons. The predicted molar refractivity (Wildman–Crippen MR) is 107 cm³/mol. The number of nitrogens with two attached hydrogens (primary N) is 1. The number of ether oxygens (including phenoxy) is 1. The fourth-order valence-corrected chi connectivity index (χ4v) is 3.55. The Hall–Kier alpha value is -2.04. The Morgan fingerprint density at radius 3 is 2.42 bits per heavy atom. The minimum absolute atomic E-state index is 0. The summed E-state index contributed by atoms with van der Waals surface area (Å²) < 4.78 is 5.45. The lowest BCUT2D eigenvalue weighted by atomic mass is 9.89. The number of rotatable bonds is 6. The second-order valence-corrected chi connectivity index (χ2v) is 6.57. The largest absolute Gasteiger partial charge is 0.494 e. The molecule has 3 rings (SSSR count). The van der Waals surface area contributed by atoms with E-state index in [1.165, 1.54) is 5.56 Å². The first-order valence-electron chi connectivity index (χ1n) is 8.95. The maximum atomic E-state index is 12.7. The molecule has 1 heterocycles. The van der Waals surface area contributed by atoms with E-state index in [1.807, 2.05) is 54.3 Å². The number of halogens is 1. The summed E-state index contributed by atoms with van der Waals surface area (Å²) >= 11 is 0. The number of nitrogens with zero attached hydrogens (tertiary/aromatic N) is 1. The molecule has 26 heavy (non-hydrogen) atoms. The van der Waals surface area contributed by atoms with Crippen LogP contribution in [0.1, 0.15) is 24.0 Å². The Morgan fingerprint density at radius 1 is 1.12 bits per heavy atom. The quantitative estimate of drug-likeness (QED) is 0.844. The Morgan fingerprint density at radius 2 is 1.81 bits per heavy atom. The van der Waals surface area contributed by atoms with Gasteiger partial charge in [0.25, 0.3) is 0 Å². The van der Waals surface area contributed by atoms with Crippen molar-refractivity contribution in [3.63, 3.8) is 0 Å². The summed E-state index contributed by atoms with van der Waals surface area (Å²) in [6.45, 7) is 4.70. The molecule has 1 aliphatic rings. The summed E-state index contributed by atoms with van der Waals surface area (Å²) in [7, 11) is 0. The number of amides is 1. The van der Waals surface area contributed by atoms with Crippen LogP contribution in [0.15, 0.2) is 54.6 Å². The SMILES string of the molecule is CCOc1ccc(CC(=O)N2C[C@@H](CN)[C@H](c3ccccc3)C2)cc1.Cl. The summed E-state index contributed by atoms with van der Waals surface area (Å²) in [4.78, 5) is 14.7.